The van der Waals surface area contributed by atoms with Gasteiger partial charge in [-0.1, -0.05) is 30.3 Å². The van der Waals surface area contributed by atoms with Crippen LogP contribution in [0.5, 0.6) is 0 Å². The summed E-state index contributed by atoms with van der Waals surface area (Å²) in [4.78, 5) is -3.57. The monoisotopic (exact) mass is 364 g/mol. The van der Waals surface area contributed by atoms with Gasteiger partial charge in [0.05, 0.1) is 0 Å². The van der Waals surface area contributed by atoms with Crippen LogP contribution >= 0.6 is 38.5 Å². The van der Waals surface area contributed by atoms with Crippen molar-refractivity contribution < 1.29 is 13.2 Å². The van der Waals surface area contributed by atoms with E-state index in [0.29, 0.717) is 0 Å². The highest BCUT2D eigenvalue weighted by Gasteiger charge is 2.52. The van der Waals surface area contributed by atoms with Gasteiger partial charge < -0.3 is 0 Å². The molecule has 0 fully saturated rings. The zero-order valence-corrected chi connectivity index (χ0v) is 10.0. The number of hydrogen-bond acceptors (Lipinski definition) is 0. The van der Waals surface area contributed by atoms with Crippen molar-refractivity contribution in [2.24, 2.45) is 0 Å². The van der Waals surface area contributed by atoms with Crippen LogP contribution in [0.3, 0.4) is 0 Å². The summed E-state index contributed by atoms with van der Waals surface area (Å²) in [5.74, 6) is 0. The zero-order valence-electron chi connectivity index (χ0n) is 6.28. The Kier molecular flexibility index (Phi) is 3.27. The summed E-state index contributed by atoms with van der Waals surface area (Å²) < 4.78 is 36.2. The molecule has 0 aliphatic heterocycles. The van der Waals surface area contributed by atoms with Crippen LogP contribution in [0, 0.1) is 0 Å². The molecule has 72 valence electrons. The summed E-state index contributed by atoms with van der Waals surface area (Å²) in [6.07, 6.45) is 0. The molecule has 0 saturated carbocycles. The molecule has 0 spiro atoms. The Morgan fingerprint density at radius 1 is 1.08 bits per heavy atom. The van der Waals surface area contributed by atoms with Crippen LogP contribution in [-0.4, -0.2) is 4.83 Å². The third-order valence-electron chi connectivity index (χ3n) is 1.49. The lowest BCUT2D eigenvalue weighted by Crippen LogP contribution is -2.30. The Morgan fingerprint density at radius 2 is 1.54 bits per heavy atom. The Labute approximate surface area is 95.8 Å². The molecule has 0 radical (unpaired) electrons. The summed E-state index contributed by atoms with van der Waals surface area (Å²) in [7, 11) is 0. The maximum atomic E-state index is 13.5. The molecule has 1 unspecified atom stereocenters. The van der Waals surface area contributed by atoms with Crippen molar-refractivity contribution >= 4 is 38.5 Å². The van der Waals surface area contributed by atoms with Gasteiger partial charge in [-0.15, -0.1) is 0 Å². The standard InChI is InChI=1S/C8H5BrF3I/c9-8(11,12)7(10,13)6-4-2-1-3-5-6/h1-5H. The van der Waals surface area contributed by atoms with Crippen LogP contribution in [0.1, 0.15) is 5.56 Å². The molecule has 0 nitrogen and oxygen atoms in total. The van der Waals surface area contributed by atoms with E-state index < -0.39 is 8.51 Å². The van der Waals surface area contributed by atoms with Crippen molar-refractivity contribution in [1.82, 2.24) is 0 Å². The Balaban J connectivity index is 3.08. The molecular formula is C8H5BrF3I. The molecule has 1 aromatic rings. The van der Waals surface area contributed by atoms with Crippen LogP contribution in [0.15, 0.2) is 30.3 Å². The van der Waals surface area contributed by atoms with Gasteiger partial charge in [0.15, 0.2) is 0 Å². The van der Waals surface area contributed by atoms with Crippen LogP contribution < -0.4 is 0 Å². The minimum Gasteiger partial charge on any atom is -0.219 e. The van der Waals surface area contributed by atoms with E-state index >= 15 is 0 Å². The first-order valence-electron chi connectivity index (χ1n) is 3.36. The Bertz CT molecular complexity index is 281. The summed E-state index contributed by atoms with van der Waals surface area (Å²) >= 11 is 3.11. The maximum absolute atomic E-state index is 13.5. The Hall–Kier alpha value is 0.220. The zero-order chi connectivity index (χ0) is 10.1. The van der Waals surface area contributed by atoms with Gasteiger partial charge in [-0.25, -0.2) is 4.39 Å². The number of hydrogen-bond donors (Lipinski definition) is 0. The molecule has 0 aliphatic carbocycles. The van der Waals surface area contributed by atoms with Gasteiger partial charge in [0, 0.05) is 5.56 Å². The molecule has 0 N–H and O–H groups in total. The van der Waals surface area contributed by atoms with Gasteiger partial charge in [0.1, 0.15) is 0 Å². The van der Waals surface area contributed by atoms with Gasteiger partial charge in [-0.2, -0.15) is 8.78 Å². The first-order chi connectivity index (χ1) is 5.86. The fourth-order valence-corrected chi connectivity index (χ4v) is 1.40. The largest absolute Gasteiger partial charge is 0.347 e. The van der Waals surface area contributed by atoms with Crippen molar-refractivity contribution in [3.8, 4) is 0 Å². The number of halogens is 5. The lowest BCUT2D eigenvalue weighted by Gasteiger charge is -2.23. The van der Waals surface area contributed by atoms with Crippen LogP contribution in [0.4, 0.5) is 13.2 Å². The first kappa shape index (κ1) is 11.3. The van der Waals surface area contributed by atoms with E-state index in [0.717, 1.165) is 22.6 Å². The summed E-state index contributed by atoms with van der Waals surface area (Å²) in [6, 6.07) is 7.31. The van der Waals surface area contributed by atoms with E-state index in [4.69, 9.17) is 0 Å². The molecule has 0 saturated heterocycles. The predicted octanol–water partition coefficient (Wildman–Crippen LogP) is 4.23. The van der Waals surface area contributed by atoms with Crippen molar-refractivity contribution in [2.45, 2.75) is 8.51 Å². The molecule has 5 heteroatoms. The molecule has 0 amide bonds. The second-order valence-electron chi connectivity index (χ2n) is 2.44. The molecule has 0 aromatic heterocycles. The SMILES string of the molecule is FC(F)(Br)C(F)(I)c1ccccc1. The van der Waals surface area contributed by atoms with Gasteiger partial charge in [0.2, 0.25) is 0 Å². The second kappa shape index (κ2) is 3.76. The van der Waals surface area contributed by atoms with Gasteiger partial charge in [0.25, 0.3) is 3.68 Å². The first-order valence-corrected chi connectivity index (χ1v) is 5.23. The van der Waals surface area contributed by atoms with Crippen molar-refractivity contribution in [1.29, 1.82) is 0 Å². The van der Waals surface area contributed by atoms with E-state index in [1.165, 1.54) is 24.3 Å². The lowest BCUT2D eigenvalue weighted by molar-refractivity contribution is 0.00910. The van der Waals surface area contributed by atoms with Gasteiger partial charge in [-0.3, -0.25) is 0 Å². The van der Waals surface area contributed by atoms with E-state index in [9.17, 15) is 13.2 Å². The smallest absolute Gasteiger partial charge is 0.219 e. The lowest BCUT2D eigenvalue weighted by atomic mass is 10.1. The molecule has 0 bridgehead atoms. The van der Waals surface area contributed by atoms with Crippen molar-refractivity contribution in [3.05, 3.63) is 35.9 Å². The summed E-state index contributed by atoms with van der Waals surface area (Å²) in [5, 5.41) is 0. The minimum absolute atomic E-state index is 0.0579. The molecular weight excluding hydrogens is 360 g/mol. The molecule has 1 aromatic carbocycles. The van der Waals surface area contributed by atoms with Crippen LogP contribution in [0.2, 0.25) is 0 Å². The highest BCUT2D eigenvalue weighted by Crippen LogP contribution is 2.50. The Morgan fingerprint density at radius 3 is 1.92 bits per heavy atom. The molecule has 0 heterocycles. The molecule has 1 rings (SSSR count). The highest BCUT2D eigenvalue weighted by atomic mass is 127. The van der Waals surface area contributed by atoms with E-state index in [-0.39, 0.29) is 5.56 Å². The molecule has 13 heavy (non-hydrogen) atoms. The van der Waals surface area contributed by atoms with E-state index in [2.05, 4.69) is 0 Å². The van der Waals surface area contributed by atoms with Crippen molar-refractivity contribution in [3.63, 3.8) is 0 Å². The topological polar surface area (TPSA) is 0 Å². The fourth-order valence-electron chi connectivity index (χ4n) is 0.811. The fraction of sp³-hybridized carbons (Fsp3) is 0.250. The number of rotatable bonds is 2. The van der Waals surface area contributed by atoms with Gasteiger partial charge >= 0.3 is 4.83 Å². The third kappa shape index (κ3) is 2.37. The average molecular weight is 365 g/mol. The van der Waals surface area contributed by atoms with E-state index in [1.807, 2.05) is 15.9 Å². The summed E-state index contributed by atoms with van der Waals surface area (Å²) in [5.41, 5.74) is -0.0579. The number of benzene rings is 1. The van der Waals surface area contributed by atoms with Crippen LogP contribution in [0.25, 0.3) is 0 Å². The molecule has 1 atom stereocenters. The predicted molar refractivity (Wildman–Crippen MR) is 57.1 cm³/mol. The summed E-state index contributed by atoms with van der Waals surface area (Å²) in [6.45, 7) is 0. The molecule has 0 aliphatic rings. The van der Waals surface area contributed by atoms with E-state index in [1.54, 1.807) is 6.07 Å². The second-order valence-corrected chi connectivity index (χ2v) is 4.92. The third-order valence-corrected chi connectivity index (χ3v) is 4.08. The minimum atomic E-state index is -3.57. The maximum Gasteiger partial charge on any atom is 0.347 e. The normalized spacial score (nSPS) is 16.7. The van der Waals surface area contributed by atoms with Gasteiger partial charge in [-0.05, 0) is 38.5 Å². The number of alkyl halides is 5. The average Bonchev–Trinajstić information content (AvgIpc) is 2.04. The van der Waals surface area contributed by atoms with Crippen molar-refractivity contribution in [2.75, 3.05) is 0 Å². The highest BCUT2D eigenvalue weighted by molar-refractivity contribution is 14.1. The quantitative estimate of drug-likeness (QED) is 0.544. The van der Waals surface area contributed by atoms with Crippen LogP contribution in [-0.2, 0) is 3.68 Å².